The first kappa shape index (κ1) is 15.5. The van der Waals surface area contributed by atoms with E-state index in [2.05, 4.69) is 28.1 Å². The van der Waals surface area contributed by atoms with E-state index in [1.54, 1.807) is 6.20 Å². The van der Waals surface area contributed by atoms with Crippen LogP contribution < -0.4 is 4.90 Å². The van der Waals surface area contributed by atoms with Crippen LogP contribution in [0.2, 0.25) is 0 Å². The second kappa shape index (κ2) is 5.98. The largest absolute Gasteiger partial charge is 0.347 e. The first-order valence-electron chi connectivity index (χ1n) is 7.79. The molecular weight excluding hydrogens is 292 g/mol. The number of hydrogen-bond donors (Lipinski definition) is 0. The lowest BCUT2D eigenvalue weighted by atomic mass is 10.3. The maximum absolute atomic E-state index is 12.4. The van der Waals surface area contributed by atoms with Gasteiger partial charge in [0.15, 0.2) is 0 Å². The van der Waals surface area contributed by atoms with Gasteiger partial charge in [-0.1, -0.05) is 0 Å². The number of aromatic nitrogens is 4. The second-order valence-corrected chi connectivity index (χ2v) is 6.16. The fourth-order valence-electron chi connectivity index (χ4n) is 2.84. The maximum atomic E-state index is 12.4. The SMILES string of the molecule is Cc1cc(C)n(CCCN2Cc3nc(N(C)C)ncc3C2=O)n1. The number of rotatable bonds is 5. The Balaban J connectivity index is 1.62. The molecule has 1 aliphatic heterocycles. The number of aryl methyl sites for hydroxylation is 3. The number of carbonyl (C=O) groups excluding carboxylic acids is 1. The standard InChI is InChI=1S/C16H22N6O/c1-11-8-12(2)22(19-11)7-5-6-21-10-14-13(15(21)23)9-17-16(18-14)20(3)4/h8-9H,5-7,10H2,1-4H3. The summed E-state index contributed by atoms with van der Waals surface area (Å²) in [6, 6.07) is 2.06. The predicted molar refractivity (Wildman–Crippen MR) is 87.4 cm³/mol. The molecule has 0 N–H and O–H groups in total. The number of hydrogen-bond acceptors (Lipinski definition) is 5. The third-order valence-corrected chi connectivity index (χ3v) is 4.01. The average molecular weight is 314 g/mol. The molecule has 122 valence electrons. The van der Waals surface area contributed by atoms with Crippen LogP contribution in [0, 0.1) is 13.8 Å². The number of fused-ring (bicyclic) bond motifs is 1. The highest BCUT2D eigenvalue weighted by atomic mass is 16.2. The van der Waals surface area contributed by atoms with Gasteiger partial charge in [-0.05, 0) is 26.3 Å². The summed E-state index contributed by atoms with van der Waals surface area (Å²) in [5.41, 5.74) is 3.63. The lowest BCUT2D eigenvalue weighted by Gasteiger charge is -2.15. The molecule has 3 heterocycles. The zero-order chi connectivity index (χ0) is 16.6. The first-order chi connectivity index (χ1) is 11.0. The van der Waals surface area contributed by atoms with Gasteiger partial charge in [-0.2, -0.15) is 5.10 Å². The Morgan fingerprint density at radius 2 is 2.04 bits per heavy atom. The van der Waals surface area contributed by atoms with E-state index in [4.69, 9.17) is 0 Å². The minimum atomic E-state index is 0.0265. The molecule has 0 spiro atoms. The van der Waals surface area contributed by atoms with Gasteiger partial charge in [0.05, 0.1) is 23.5 Å². The molecule has 0 atom stereocenters. The Hall–Kier alpha value is -2.44. The Morgan fingerprint density at radius 3 is 2.70 bits per heavy atom. The normalized spacial score (nSPS) is 13.6. The molecule has 7 heteroatoms. The predicted octanol–water partition coefficient (Wildman–Crippen LogP) is 1.40. The summed E-state index contributed by atoms with van der Waals surface area (Å²) in [4.78, 5) is 24.8. The Kier molecular flexibility index (Phi) is 4.02. The van der Waals surface area contributed by atoms with Gasteiger partial charge in [-0.15, -0.1) is 0 Å². The maximum Gasteiger partial charge on any atom is 0.257 e. The highest BCUT2D eigenvalue weighted by Crippen LogP contribution is 2.22. The van der Waals surface area contributed by atoms with E-state index in [0.29, 0.717) is 24.6 Å². The molecule has 2 aromatic heterocycles. The van der Waals surface area contributed by atoms with Gasteiger partial charge in [0.1, 0.15) is 0 Å². The zero-order valence-electron chi connectivity index (χ0n) is 14.1. The van der Waals surface area contributed by atoms with Crippen molar-refractivity contribution in [3.63, 3.8) is 0 Å². The molecule has 0 saturated carbocycles. The van der Waals surface area contributed by atoms with Crippen molar-refractivity contribution in [3.05, 3.63) is 34.9 Å². The smallest absolute Gasteiger partial charge is 0.257 e. The van der Waals surface area contributed by atoms with Crippen LogP contribution >= 0.6 is 0 Å². The quantitative estimate of drug-likeness (QED) is 0.834. The summed E-state index contributed by atoms with van der Waals surface area (Å²) < 4.78 is 1.99. The van der Waals surface area contributed by atoms with Gasteiger partial charge < -0.3 is 9.80 Å². The molecule has 0 aliphatic carbocycles. The zero-order valence-corrected chi connectivity index (χ0v) is 14.1. The summed E-state index contributed by atoms with van der Waals surface area (Å²) in [5, 5.41) is 4.45. The molecule has 1 aliphatic rings. The topological polar surface area (TPSA) is 67.2 Å². The van der Waals surface area contributed by atoms with Gasteiger partial charge in [-0.3, -0.25) is 9.48 Å². The summed E-state index contributed by atoms with van der Waals surface area (Å²) in [7, 11) is 3.79. The number of anilines is 1. The number of carbonyl (C=O) groups is 1. The van der Waals surface area contributed by atoms with Crippen molar-refractivity contribution in [1.82, 2.24) is 24.6 Å². The molecule has 0 radical (unpaired) electrons. The monoisotopic (exact) mass is 314 g/mol. The lowest BCUT2D eigenvalue weighted by molar-refractivity contribution is 0.0773. The molecular formula is C16H22N6O. The molecule has 1 amide bonds. The molecule has 3 rings (SSSR count). The van der Waals surface area contributed by atoms with Crippen molar-refractivity contribution in [1.29, 1.82) is 0 Å². The highest BCUT2D eigenvalue weighted by molar-refractivity contribution is 5.97. The molecule has 0 fully saturated rings. The molecule has 23 heavy (non-hydrogen) atoms. The van der Waals surface area contributed by atoms with Gasteiger partial charge >= 0.3 is 0 Å². The summed E-state index contributed by atoms with van der Waals surface area (Å²) in [6.45, 7) is 6.12. The molecule has 7 nitrogen and oxygen atoms in total. The van der Waals surface area contributed by atoms with E-state index in [-0.39, 0.29) is 5.91 Å². The van der Waals surface area contributed by atoms with E-state index < -0.39 is 0 Å². The van der Waals surface area contributed by atoms with E-state index >= 15 is 0 Å². The van der Waals surface area contributed by atoms with Crippen molar-refractivity contribution < 1.29 is 4.79 Å². The third kappa shape index (κ3) is 3.04. The van der Waals surface area contributed by atoms with E-state index in [1.807, 2.05) is 35.5 Å². The molecule has 0 saturated heterocycles. The third-order valence-electron chi connectivity index (χ3n) is 4.01. The minimum absolute atomic E-state index is 0.0265. The number of amides is 1. The van der Waals surface area contributed by atoms with Crippen LogP contribution in [0.3, 0.4) is 0 Å². The van der Waals surface area contributed by atoms with E-state index in [0.717, 1.165) is 30.0 Å². The van der Waals surface area contributed by atoms with E-state index in [9.17, 15) is 4.79 Å². The summed E-state index contributed by atoms with van der Waals surface area (Å²) in [5.74, 6) is 0.666. The van der Waals surface area contributed by atoms with Crippen LogP contribution in [0.5, 0.6) is 0 Å². The summed E-state index contributed by atoms with van der Waals surface area (Å²) >= 11 is 0. The Bertz CT molecular complexity index is 736. The molecule has 2 aromatic rings. The van der Waals surface area contributed by atoms with Crippen molar-refractivity contribution in [2.45, 2.75) is 33.4 Å². The second-order valence-electron chi connectivity index (χ2n) is 6.16. The fraction of sp³-hybridized carbons (Fsp3) is 0.500. The lowest BCUT2D eigenvalue weighted by Crippen LogP contribution is -2.26. The van der Waals surface area contributed by atoms with Gasteiger partial charge in [0.2, 0.25) is 5.95 Å². The van der Waals surface area contributed by atoms with Crippen molar-refractivity contribution in [2.24, 2.45) is 0 Å². The van der Waals surface area contributed by atoms with Crippen molar-refractivity contribution in [2.75, 3.05) is 25.5 Å². The van der Waals surface area contributed by atoms with Crippen LogP contribution in [-0.2, 0) is 13.1 Å². The Morgan fingerprint density at radius 1 is 1.26 bits per heavy atom. The molecule has 0 unspecified atom stereocenters. The van der Waals surface area contributed by atoms with Crippen LogP contribution in [0.15, 0.2) is 12.3 Å². The average Bonchev–Trinajstić information content (AvgIpc) is 2.99. The van der Waals surface area contributed by atoms with Crippen LogP contribution in [0.4, 0.5) is 5.95 Å². The first-order valence-corrected chi connectivity index (χ1v) is 7.79. The number of nitrogens with zero attached hydrogens (tertiary/aromatic N) is 6. The Labute approximate surface area is 135 Å². The highest BCUT2D eigenvalue weighted by Gasteiger charge is 2.29. The minimum Gasteiger partial charge on any atom is -0.347 e. The van der Waals surface area contributed by atoms with Gasteiger partial charge in [0.25, 0.3) is 5.91 Å². The molecule has 0 aromatic carbocycles. The van der Waals surface area contributed by atoms with Crippen LogP contribution in [0.25, 0.3) is 0 Å². The van der Waals surface area contributed by atoms with Crippen molar-refractivity contribution >= 4 is 11.9 Å². The molecule has 0 bridgehead atoms. The van der Waals surface area contributed by atoms with Crippen LogP contribution in [0.1, 0.15) is 33.9 Å². The fourth-order valence-corrected chi connectivity index (χ4v) is 2.84. The van der Waals surface area contributed by atoms with Gasteiger partial charge in [0, 0.05) is 39.1 Å². The van der Waals surface area contributed by atoms with Crippen molar-refractivity contribution in [3.8, 4) is 0 Å². The summed E-state index contributed by atoms with van der Waals surface area (Å²) in [6.07, 6.45) is 2.51. The van der Waals surface area contributed by atoms with Gasteiger partial charge in [-0.25, -0.2) is 9.97 Å². The van der Waals surface area contributed by atoms with E-state index in [1.165, 1.54) is 0 Å². The van der Waals surface area contributed by atoms with Crippen LogP contribution in [-0.4, -0.2) is 51.2 Å².